The number of nitrogens with one attached hydrogen (secondary N) is 1. The average Bonchev–Trinajstić information content (AvgIpc) is 2.65. The monoisotopic (exact) mass is 430 g/mol. The van der Waals surface area contributed by atoms with E-state index in [9.17, 15) is 13.2 Å². The molecule has 2 aromatic carbocycles. The second kappa shape index (κ2) is 9.65. The van der Waals surface area contributed by atoms with E-state index in [1.807, 2.05) is 71.9 Å². The van der Waals surface area contributed by atoms with E-state index in [4.69, 9.17) is 0 Å². The summed E-state index contributed by atoms with van der Waals surface area (Å²) in [4.78, 5) is 13.3. The van der Waals surface area contributed by atoms with Crippen LogP contribution >= 0.6 is 0 Å². The SMILES string of the molecule is CC[C@H](NC(=O)[C@H](CC)N(c1cc(C)ccc1C)S(C)(=O)=O)c1ccc(C)cc1C. The Balaban J connectivity index is 2.43. The molecule has 1 N–H and O–H groups in total. The summed E-state index contributed by atoms with van der Waals surface area (Å²) in [6.45, 7) is 11.7. The zero-order chi connectivity index (χ0) is 22.6. The molecule has 0 aromatic heterocycles. The Morgan fingerprint density at radius 1 is 0.933 bits per heavy atom. The highest BCUT2D eigenvalue weighted by atomic mass is 32.2. The lowest BCUT2D eigenvalue weighted by Gasteiger charge is -2.33. The molecule has 164 valence electrons. The lowest BCUT2D eigenvalue weighted by Crippen LogP contribution is -2.50. The highest BCUT2D eigenvalue weighted by Gasteiger charge is 2.33. The summed E-state index contributed by atoms with van der Waals surface area (Å²) >= 11 is 0. The van der Waals surface area contributed by atoms with Crippen LogP contribution in [-0.4, -0.2) is 26.6 Å². The minimum Gasteiger partial charge on any atom is -0.347 e. The predicted molar refractivity (Wildman–Crippen MR) is 124 cm³/mol. The molecular weight excluding hydrogens is 396 g/mol. The van der Waals surface area contributed by atoms with Crippen molar-refractivity contribution in [3.63, 3.8) is 0 Å². The van der Waals surface area contributed by atoms with Crippen molar-refractivity contribution in [2.75, 3.05) is 10.6 Å². The van der Waals surface area contributed by atoms with E-state index in [1.165, 1.54) is 9.87 Å². The van der Waals surface area contributed by atoms with Gasteiger partial charge in [-0.1, -0.05) is 49.7 Å². The molecule has 30 heavy (non-hydrogen) atoms. The molecule has 0 heterocycles. The van der Waals surface area contributed by atoms with Crippen molar-refractivity contribution in [3.05, 3.63) is 64.2 Å². The van der Waals surface area contributed by atoms with Gasteiger partial charge in [-0.2, -0.15) is 0 Å². The zero-order valence-electron chi connectivity index (χ0n) is 19.1. The topological polar surface area (TPSA) is 66.5 Å². The Hall–Kier alpha value is -2.34. The second-order valence-corrected chi connectivity index (χ2v) is 9.96. The van der Waals surface area contributed by atoms with Crippen LogP contribution < -0.4 is 9.62 Å². The van der Waals surface area contributed by atoms with Crippen molar-refractivity contribution in [1.29, 1.82) is 0 Å². The fourth-order valence-corrected chi connectivity index (χ4v) is 5.14. The van der Waals surface area contributed by atoms with Crippen LogP contribution in [0.1, 0.15) is 60.5 Å². The third kappa shape index (κ3) is 5.42. The third-order valence-electron chi connectivity index (χ3n) is 5.46. The Morgan fingerprint density at radius 3 is 2.07 bits per heavy atom. The number of carbonyl (C=O) groups is 1. The maximum Gasteiger partial charge on any atom is 0.244 e. The Labute approximate surface area is 181 Å². The molecule has 0 spiro atoms. The number of sulfonamides is 1. The number of carbonyl (C=O) groups excluding carboxylic acids is 1. The Morgan fingerprint density at radius 2 is 1.53 bits per heavy atom. The molecule has 0 aliphatic carbocycles. The van der Waals surface area contributed by atoms with E-state index in [-0.39, 0.29) is 11.9 Å². The van der Waals surface area contributed by atoms with E-state index in [1.54, 1.807) is 0 Å². The highest BCUT2D eigenvalue weighted by Crippen LogP contribution is 2.28. The molecule has 5 nitrogen and oxygen atoms in total. The van der Waals surface area contributed by atoms with Crippen molar-refractivity contribution in [1.82, 2.24) is 5.32 Å². The number of benzene rings is 2. The maximum absolute atomic E-state index is 13.3. The summed E-state index contributed by atoms with van der Waals surface area (Å²) in [7, 11) is -3.66. The van der Waals surface area contributed by atoms with Crippen molar-refractivity contribution in [3.8, 4) is 0 Å². The van der Waals surface area contributed by atoms with Crippen LogP contribution in [-0.2, 0) is 14.8 Å². The second-order valence-electron chi connectivity index (χ2n) is 8.10. The number of rotatable bonds is 8. The molecule has 0 unspecified atom stereocenters. The summed E-state index contributed by atoms with van der Waals surface area (Å²) in [6.07, 6.45) is 2.25. The summed E-state index contributed by atoms with van der Waals surface area (Å²) < 4.78 is 26.8. The van der Waals surface area contributed by atoms with Crippen molar-refractivity contribution in [2.45, 2.75) is 66.5 Å². The van der Waals surface area contributed by atoms with Gasteiger partial charge in [0.15, 0.2) is 0 Å². The minimum atomic E-state index is -3.66. The number of anilines is 1. The van der Waals surface area contributed by atoms with Crippen LogP contribution in [0.25, 0.3) is 0 Å². The van der Waals surface area contributed by atoms with E-state index in [0.29, 0.717) is 18.5 Å². The van der Waals surface area contributed by atoms with Gasteiger partial charge >= 0.3 is 0 Å². The van der Waals surface area contributed by atoms with Crippen LogP contribution in [0.3, 0.4) is 0 Å². The first kappa shape index (κ1) is 23.9. The smallest absolute Gasteiger partial charge is 0.244 e. The van der Waals surface area contributed by atoms with Crippen molar-refractivity contribution in [2.24, 2.45) is 0 Å². The first-order valence-electron chi connectivity index (χ1n) is 10.4. The van der Waals surface area contributed by atoms with Crippen LogP contribution in [0.2, 0.25) is 0 Å². The van der Waals surface area contributed by atoms with Gasteiger partial charge in [0.25, 0.3) is 0 Å². The van der Waals surface area contributed by atoms with Crippen molar-refractivity contribution < 1.29 is 13.2 Å². The molecule has 0 aliphatic heterocycles. The molecule has 2 rings (SSSR count). The van der Waals surface area contributed by atoms with E-state index >= 15 is 0 Å². The number of amides is 1. The van der Waals surface area contributed by atoms with Crippen LogP contribution in [0.15, 0.2) is 36.4 Å². The van der Waals surface area contributed by atoms with Gasteiger partial charge in [-0.15, -0.1) is 0 Å². The third-order valence-corrected chi connectivity index (χ3v) is 6.62. The van der Waals surface area contributed by atoms with Gasteiger partial charge in [0, 0.05) is 0 Å². The van der Waals surface area contributed by atoms with Gasteiger partial charge in [0.2, 0.25) is 15.9 Å². The molecule has 2 atom stereocenters. The van der Waals surface area contributed by atoms with Crippen LogP contribution in [0, 0.1) is 27.7 Å². The normalized spacial score (nSPS) is 13.6. The minimum absolute atomic E-state index is 0.174. The fraction of sp³-hybridized carbons (Fsp3) is 0.458. The lowest BCUT2D eigenvalue weighted by molar-refractivity contribution is -0.123. The van der Waals surface area contributed by atoms with Gasteiger partial charge < -0.3 is 5.32 Å². The summed E-state index contributed by atoms with van der Waals surface area (Å²) in [5.41, 5.74) is 5.66. The van der Waals surface area contributed by atoms with E-state index < -0.39 is 16.1 Å². The molecular formula is C24H34N2O3S. The van der Waals surface area contributed by atoms with Gasteiger partial charge in [-0.05, 0) is 68.9 Å². The van der Waals surface area contributed by atoms with Crippen LogP contribution in [0.4, 0.5) is 5.69 Å². The van der Waals surface area contributed by atoms with Gasteiger partial charge in [0.05, 0.1) is 18.0 Å². The first-order chi connectivity index (χ1) is 14.0. The number of aryl methyl sites for hydroxylation is 4. The van der Waals surface area contributed by atoms with Crippen molar-refractivity contribution >= 4 is 21.6 Å². The van der Waals surface area contributed by atoms with Crippen LogP contribution in [0.5, 0.6) is 0 Å². The highest BCUT2D eigenvalue weighted by molar-refractivity contribution is 7.92. The van der Waals surface area contributed by atoms with Gasteiger partial charge in [-0.25, -0.2) is 8.42 Å². The largest absolute Gasteiger partial charge is 0.347 e. The molecule has 0 fully saturated rings. The Kier molecular flexibility index (Phi) is 7.70. The summed E-state index contributed by atoms with van der Waals surface area (Å²) in [5, 5.41) is 3.11. The number of nitrogens with zero attached hydrogens (tertiary/aromatic N) is 1. The maximum atomic E-state index is 13.3. The number of hydrogen-bond donors (Lipinski definition) is 1. The predicted octanol–water partition coefficient (Wildman–Crippen LogP) is 4.73. The molecule has 0 radical (unpaired) electrons. The van der Waals surface area contributed by atoms with E-state index in [0.717, 1.165) is 28.5 Å². The molecule has 1 amide bonds. The van der Waals surface area contributed by atoms with E-state index in [2.05, 4.69) is 11.4 Å². The van der Waals surface area contributed by atoms with Gasteiger partial charge in [-0.3, -0.25) is 9.10 Å². The molecule has 0 bridgehead atoms. The Bertz CT molecular complexity index is 1020. The molecule has 0 saturated heterocycles. The summed E-state index contributed by atoms with van der Waals surface area (Å²) in [6, 6.07) is 10.8. The fourth-order valence-electron chi connectivity index (χ4n) is 3.88. The lowest BCUT2D eigenvalue weighted by atomic mass is 9.97. The molecule has 0 aliphatic rings. The first-order valence-corrected chi connectivity index (χ1v) is 12.3. The standard InChI is InChI=1S/C24H34N2O3S/c1-8-21(20-13-11-16(3)14-19(20)6)25-24(27)22(9-2)26(30(7,28)29)23-15-17(4)10-12-18(23)5/h10-15,21-22H,8-9H2,1-7H3,(H,25,27)/t21-,22-/m0/s1. The zero-order valence-corrected chi connectivity index (χ0v) is 19.9. The molecule has 2 aromatic rings. The average molecular weight is 431 g/mol. The molecule has 0 saturated carbocycles. The molecule has 6 heteroatoms. The quantitative estimate of drug-likeness (QED) is 0.658. The number of hydrogen-bond acceptors (Lipinski definition) is 3. The van der Waals surface area contributed by atoms with Gasteiger partial charge in [0.1, 0.15) is 6.04 Å². The summed E-state index contributed by atoms with van der Waals surface area (Å²) in [5.74, 6) is -0.282.